The average Bonchev–Trinajstić information content (AvgIpc) is 1.90. The highest BCUT2D eigenvalue weighted by Crippen LogP contribution is 2.23. The Labute approximate surface area is 58.0 Å². The number of hydrogen-bond acceptors (Lipinski definition) is 0. The second kappa shape index (κ2) is 3.05. The van der Waals surface area contributed by atoms with Gasteiger partial charge in [0.15, 0.2) is 0 Å². The van der Waals surface area contributed by atoms with Gasteiger partial charge in [-0.3, -0.25) is 0 Å². The van der Waals surface area contributed by atoms with E-state index in [1.807, 2.05) is 0 Å². The van der Waals surface area contributed by atoms with Crippen LogP contribution in [0.5, 0.6) is 0 Å². The Morgan fingerprint density at radius 2 is 2.22 bits per heavy atom. The van der Waals surface area contributed by atoms with Gasteiger partial charge in [0.05, 0.1) is 0 Å². The maximum absolute atomic E-state index is 2.38. The highest BCUT2D eigenvalue weighted by molar-refractivity contribution is 4.93. The zero-order valence-corrected chi connectivity index (χ0v) is 6.43. The molecule has 0 aromatic carbocycles. The van der Waals surface area contributed by atoms with E-state index in [2.05, 4.69) is 26.0 Å². The lowest BCUT2D eigenvalue weighted by Gasteiger charge is -2.19. The van der Waals surface area contributed by atoms with Crippen molar-refractivity contribution in [1.82, 2.24) is 0 Å². The molecular formula is C9H16. The van der Waals surface area contributed by atoms with Crippen LogP contribution in [-0.2, 0) is 0 Å². The largest absolute Gasteiger partial charge is 0.0882 e. The van der Waals surface area contributed by atoms with Crippen LogP contribution in [-0.4, -0.2) is 0 Å². The van der Waals surface area contributed by atoms with Crippen LogP contribution in [0.4, 0.5) is 0 Å². The monoisotopic (exact) mass is 124 g/mol. The van der Waals surface area contributed by atoms with Crippen molar-refractivity contribution in [3.8, 4) is 0 Å². The van der Waals surface area contributed by atoms with Gasteiger partial charge in [-0.05, 0) is 31.1 Å². The van der Waals surface area contributed by atoms with Crippen molar-refractivity contribution in [2.45, 2.75) is 33.1 Å². The minimum absolute atomic E-state index is 0.849. The molecule has 0 amide bonds. The number of hydrogen-bond donors (Lipinski definition) is 0. The molecule has 0 unspecified atom stereocenters. The van der Waals surface area contributed by atoms with Crippen LogP contribution in [0.25, 0.3) is 0 Å². The molecule has 52 valence electrons. The molecule has 1 rings (SSSR count). The van der Waals surface area contributed by atoms with Gasteiger partial charge in [0.1, 0.15) is 0 Å². The fraction of sp³-hybridized carbons (Fsp3) is 0.778. The summed E-state index contributed by atoms with van der Waals surface area (Å²) in [6.45, 7) is 4.61. The summed E-state index contributed by atoms with van der Waals surface area (Å²) >= 11 is 0. The third-order valence-electron chi connectivity index (χ3n) is 2.15. The van der Waals surface area contributed by atoms with Gasteiger partial charge in [0.25, 0.3) is 0 Å². The van der Waals surface area contributed by atoms with E-state index in [1.54, 1.807) is 0 Å². The van der Waals surface area contributed by atoms with Crippen LogP contribution in [0.1, 0.15) is 33.1 Å². The van der Waals surface area contributed by atoms with E-state index in [-0.39, 0.29) is 0 Å². The van der Waals surface area contributed by atoms with Crippen LogP contribution >= 0.6 is 0 Å². The third-order valence-corrected chi connectivity index (χ3v) is 2.15. The van der Waals surface area contributed by atoms with E-state index in [4.69, 9.17) is 0 Å². The predicted octanol–water partition coefficient (Wildman–Crippen LogP) is 3.00. The first-order valence-electron chi connectivity index (χ1n) is 3.97. The van der Waals surface area contributed by atoms with E-state index in [1.165, 1.54) is 19.3 Å². The first-order chi connectivity index (χ1) is 4.30. The highest BCUT2D eigenvalue weighted by Gasteiger charge is 2.10. The van der Waals surface area contributed by atoms with Crippen molar-refractivity contribution in [3.63, 3.8) is 0 Å². The van der Waals surface area contributed by atoms with Crippen LogP contribution in [0, 0.1) is 11.8 Å². The molecule has 1 aliphatic carbocycles. The molecule has 0 spiro atoms. The summed E-state index contributed by atoms with van der Waals surface area (Å²) in [6, 6.07) is 0. The Morgan fingerprint density at radius 1 is 1.44 bits per heavy atom. The molecule has 0 saturated carbocycles. The second-order valence-corrected chi connectivity index (χ2v) is 3.27. The molecular weight excluding hydrogens is 108 g/mol. The quantitative estimate of drug-likeness (QED) is 0.471. The average molecular weight is 124 g/mol. The standard InChI is InChI=1S/C9H16/c1-8(2)9-6-4-3-5-7-9/h4,6,8-9H,3,5,7H2,1-2H3/t9-/m1/s1. The van der Waals surface area contributed by atoms with Crippen molar-refractivity contribution >= 4 is 0 Å². The molecule has 0 nitrogen and oxygen atoms in total. The minimum Gasteiger partial charge on any atom is -0.0882 e. The molecule has 0 radical (unpaired) electrons. The van der Waals surface area contributed by atoms with Crippen molar-refractivity contribution < 1.29 is 0 Å². The van der Waals surface area contributed by atoms with Gasteiger partial charge in [0, 0.05) is 0 Å². The van der Waals surface area contributed by atoms with Crippen molar-refractivity contribution in [1.29, 1.82) is 0 Å². The van der Waals surface area contributed by atoms with Gasteiger partial charge in [-0.2, -0.15) is 0 Å². The summed E-state index contributed by atoms with van der Waals surface area (Å²) < 4.78 is 0. The summed E-state index contributed by atoms with van der Waals surface area (Å²) in [6.07, 6.45) is 8.83. The lowest BCUT2D eigenvalue weighted by Crippen LogP contribution is -2.07. The van der Waals surface area contributed by atoms with E-state index in [0.29, 0.717) is 0 Å². The first-order valence-corrected chi connectivity index (χ1v) is 3.97. The summed E-state index contributed by atoms with van der Waals surface area (Å²) in [4.78, 5) is 0. The Bertz CT molecular complexity index is 101. The molecule has 0 heteroatoms. The van der Waals surface area contributed by atoms with Crippen molar-refractivity contribution in [2.24, 2.45) is 11.8 Å². The van der Waals surface area contributed by atoms with E-state index in [9.17, 15) is 0 Å². The molecule has 1 aliphatic rings. The van der Waals surface area contributed by atoms with Gasteiger partial charge in [0.2, 0.25) is 0 Å². The number of rotatable bonds is 1. The second-order valence-electron chi connectivity index (χ2n) is 3.27. The summed E-state index contributed by atoms with van der Waals surface area (Å²) in [5, 5.41) is 0. The highest BCUT2D eigenvalue weighted by atomic mass is 14.2. The molecule has 1 atom stereocenters. The lowest BCUT2D eigenvalue weighted by atomic mass is 9.87. The van der Waals surface area contributed by atoms with Crippen LogP contribution in [0.2, 0.25) is 0 Å². The first kappa shape index (κ1) is 6.85. The fourth-order valence-electron chi connectivity index (χ4n) is 1.39. The summed E-state index contributed by atoms with van der Waals surface area (Å²) in [5.41, 5.74) is 0. The van der Waals surface area contributed by atoms with Crippen molar-refractivity contribution in [2.75, 3.05) is 0 Å². The molecule has 0 aromatic rings. The molecule has 9 heavy (non-hydrogen) atoms. The molecule has 0 bridgehead atoms. The maximum atomic E-state index is 2.38. The molecule has 0 aliphatic heterocycles. The van der Waals surface area contributed by atoms with Gasteiger partial charge >= 0.3 is 0 Å². The van der Waals surface area contributed by atoms with Crippen LogP contribution < -0.4 is 0 Å². The van der Waals surface area contributed by atoms with Gasteiger partial charge in [-0.1, -0.05) is 26.0 Å². The molecule has 0 aromatic heterocycles. The van der Waals surface area contributed by atoms with E-state index >= 15 is 0 Å². The Hall–Kier alpha value is -0.260. The molecule has 0 heterocycles. The van der Waals surface area contributed by atoms with Gasteiger partial charge in [-0.25, -0.2) is 0 Å². The lowest BCUT2D eigenvalue weighted by molar-refractivity contribution is 0.412. The Kier molecular flexibility index (Phi) is 2.32. The van der Waals surface area contributed by atoms with E-state index in [0.717, 1.165) is 11.8 Å². The number of allylic oxidation sites excluding steroid dienone is 2. The third kappa shape index (κ3) is 1.85. The minimum atomic E-state index is 0.849. The van der Waals surface area contributed by atoms with Crippen molar-refractivity contribution in [3.05, 3.63) is 12.2 Å². The fourth-order valence-corrected chi connectivity index (χ4v) is 1.39. The zero-order valence-electron chi connectivity index (χ0n) is 6.43. The maximum Gasteiger partial charge on any atom is -0.0210 e. The van der Waals surface area contributed by atoms with E-state index < -0.39 is 0 Å². The normalized spacial score (nSPS) is 27.2. The van der Waals surface area contributed by atoms with Crippen LogP contribution in [0.3, 0.4) is 0 Å². The molecule has 0 fully saturated rings. The summed E-state index contributed by atoms with van der Waals surface area (Å²) in [7, 11) is 0. The molecule has 0 N–H and O–H groups in total. The zero-order chi connectivity index (χ0) is 6.69. The van der Waals surface area contributed by atoms with Crippen LogP contribution in [0.15, 0.2) is 12.2 Å². The van der Waals surface area contributed by atoms with Gasteiger partial charge in [-0.15, -0.1) is 0 Å². The summed E-state index contributed by atoms with van der Waals surface area (Å²) in [5.74, 6) is 1.72. The smallest absolute Gasteiger partial charge is 0.0210 e. The predicted molar refractivity (Wildman–Crippen MR) is 41.3 cm³/mol. The molecule has 0 saturated heterocycles. The topological polar surface area (TPSA) is 0 Å². The Morgan fingerprint density at radius 3 is 2.56 bits per heavy atom. The van der Waals surface area contributed by atoms with Gasteiger partial charge < -0.3 is 0 Å². The SMILES string of the molecule is CC(C)[C@@H]1C=CCCC1. The Balaban J connectivity index is 2.40.